The molecule has 1 saturated carbocycles. The van der Waals surface area contributed by atoms with Gasteiger partial charge in [-0.25, -0.2) is 14.8 Å². The third kappa shape index (κ3) is 4.86. The summed E-state index contributed by atoms with van der Waals surface area (Å²) in [7, 11) is 0. The van der Waals surface area contributed by atoms with E-state index in [0.29, 0.717) is 18.0 Å². The zero-order valence-electron chi connectivity index (χ0n) is 20.0. The molecule has 5 rings (SSSR count). The number of aromatic nitrogens is 4. The van der Waals surface area contributed by atoms with Gasteiger partial charge in [-0.05, 0) is 77.8 Å². The van der Waals surface area contributed by atoms with Crippen LogP contribution in [0.1, 0.15) is 65.3 Å². The molecule has 3 aromatic rings. The first-order valence-electron chi connectivity index (χ1n) is 12.4. The van der Waals surface area contributed by atoms with Crippen LogP contribution >= 0.6 is 0 Å². The number of rotatable bonds is 4. The van der Waals surface area contributed by atoms with Crippen LogP contribution in [0.15, 0.2) is 24.8 Å². The summed E-state index contributed by atoms with van der Waals surface area (Å²) in [6, 6.07) is 3.12. The van der Waals surface area contributed by atoms with E-state index in [4.69, 9.17) is 4.74 Å². The van der Waals surface area contributed by atoms with Gasteiger partial charge in [-0.3, -0.25) is 0 Å². The summed E-state index contributed by atoms with van der Waals surface area (Å²) in [5, 5.41) is 4.96. The Morgan fingerprint density at radius 2 is 2.03 bits per heavy atom. The van der Waals surface area contributed by atoms with Crippen LogP contribution in [0.4, 0.5) is 4.79 Å². The van der Waals surface area contributed by atoms with Crippen molar-refractivity contribution in [2.75, 3.05) is 19.6 Å². The number of nitrogens with one attached hydrogen (secondary N) is 2. The number of aromatic amines is 1. The fourth-order valence-electron chi connectivity index (χ4n) is 5.42. The average molecular weight is 453 g/mol. The second-order valence-electron chi connectivity index (χ2n) is 10.7. The van der Waals surface area contributed by atoms with E-state index < -0.39 is 5.60 Å². The van der Waals surface area contributed by atoms with Gasteiger partial charge < -0.3 is 24.5 Å². The van der Waals surface area contributed by atoms with Gasteiger partial charge in [0.15, 0.2) is 0 Å². The number of likely N-dealkylation sites (tertiary alicyclic amines) is 1. The first-order valence-corrected chi connectivity index (χ1v) is 12.4. The summed E-state index contributed by atoms with van der Waals surface area (Å²) in [5.41, 5.74) is 2.65. The third-order valence-electron chi connectivity index (χ3n) is 7.07. The number of pyridine rings is 1. The molecule has 178 valence electrons. The van der Waals surface area contributed by atoms with Crippen molar-refractivity contribution in [2.45, 2.75) is 77.0 Å². The summed E-state index contributed by atoms with van der Waals surface area (Å²) in [6.07, 6.45) is 12.5. The number of amides is 1. The summed E-state index contributed by atoms with van der Waals surface area (Å²) in [5.74, 6) is 0.496. The first-order chi connectivity index (χ1) is 15.9. The highest BCUT2D eigenvalue weighted by Crippen LogP contribution is 2.33. The van der Waals surface area contributed by atoms with E-state index in [0.717, 1.165) is 68.3 Å². The van der Waals surface area contributed by atoms with Gasteiger partial charge in [-0.2, -0.15) is 0 Å². The third-order valence-corrected chi connectivity index (χ3v) is 7.07. The molecule has 1 aliphatic heterocycles. The quantitative estimate of drug-likeness (QED) is 0.602. The summed E-state index contributed by atoms with van der Waals surface area (Å²) in [6.45, 7) is 8.34. The second-order valence-corrected chi connectivity index (χ2v) is 10.7. The molecule has 2 aliphatic rings. The fourth-order valence-corrected chi connectivity index (χ4v) is 5.42. The molecule has 0 aromatic carbocycles. The van der Waals surface area contributed by atoms with Gasteiger partial charge >= 0.3 is 6.09 Å². The number of fused-ring (bicyclic) bond motifs is 3. The number of nitrogens with zero attached hydrogens (tertiary/aromatic N) is 4. The van der Waals surface area contributed by atoms with Crippen LogP contribution in [0.3, 0.4) is 0 Å². The van der Waals surface area contributed by atoms with E-state index in [1.165, 1.54) is 11.9 Å². The smallest absolute Gasteiger partial charge is 0.410 e. The molecule has 1 saturated heterocycles. The summed E-state index contributed by atoms with van der Waals surface area (Å²) in [4.78, 5) is 26.6. The molecule has 0 radical (unpaired) electrons. The Bertz CT molecular complexity index is 1110. The number of piperidine rings is 1. The predicted molar refractivity (Wildman–Crippen MR) is 129 cm³/mol. The van der Waals surface area contributed by atoms with E-state index in [9.17, 15) is 4.79 Å². The Morgan fingerprint density at radius 3 is 2.82 bits per heavy atom. The molecular weight excluding hydrogens is 416 g/mol. The van der Waals surface area contributed by atoms with Crippen molar-refractivity contribution in [3.8, 4) is 0 Å². The Labute approximate surface area is 195 Å². The van der Waals surface area contributed by atoms with Crippen molar-refractivity contribution >= 4 is 28.2 Å². The van der Waals surface area contributed by atoms with Gasteiger partial charge in [0.2, 0.25) is 0 Å². The fraction of sp³-hybridized carbons (Fsp3) is 0.640. The maximum absolute atomic E-state index is 12.4. The van der Waals surface area contributed by atoms with Gasteiger partial charge in [0.05, 0.1) is 18.0 Å². The lowest BCUT2D eigenvalue weighted by molar-refractivity contribution is 0.0164. The van der Waals surface area contributed by atoms with Gasteiger partial charge in [0.1, 0.15) is 16.8 Å². The highest BCUT2D eigenvalue weighted by atomic mass is 16.6. The minimum absolute atomic E-state index is 0.174. The van der Waals surface area contributed by atoms with Gasteiger partial charge in [0, 0.05) is 36.8 Å². The average Bonchev–Trinajstić information content (AvgIpc) is 3.43. The molecule has 8 heteroatoms. The van der Waals surface area contributed by atoms with Crippen molar-refractivity contribution in [1.29, 1.82) is 0 Å². The standard InChI is InChI=1S/C25H36N6O2/c1-25(2,3)33-24(32)30-12-4-5-17(15-30)13-27-18-6-8-19(9-7-18)31-16-29-21-14-28-23-20(22(21)31)10-11-26-23/h10-11,14,16-19,27H,4-9,12-13,15H2,1-3H3,(H,26,28)/t17-,18-,19-/m1/s1. The topological polar surface area (TPSA) is 88.1 Å². The number of carbonyl (C=O) groups is 1. The van der Waals surface area contributed by atoms with Crippen LogP contribution in [-0.2, 0) is 4.74 Å². The number of ether oxygens (including phenoxy) is 1. The molecule has 2 fully saturated rings. The maximum Gasteiger partial charge on any atom is 0.410 e. The molecule has 3 aromatic heterocycles. The normalized spacial score (nSPS) is 24.5. The van der Waals surface area contributed by atoms with Gasteiger partial charge in [0.25, 0.3) is 0 Å². The minimum Gasteiger partial charge on any atom is -0.444 e. The number of imidazole rings is 1. The number of hydrogen-bond acceptors (Lipinski definition) is 5. The molecule has 1 atom stereocenters. The number of carbonyl (C=O) groups excluding carboxylic acids is 1. The molecule has 33 heavy (non-hydrogen) atoms. The zero-order valence-corrected chi connectivity index (χ0v) is 20.0. The van der Waals surface area contributed by atoms with Crippen molar-refractivity contribution in [2.24, 2.45) is 5.92 Å². The molecular formula is C25H36N6O2. The SMILES string of the molecule is CC(C)(C)OC(=O)N1CCC[C@H](CN[C@H]2CC[C@H](n3cnc4cnc5[nH]ccc5c43)CC2)C1. The van der Waals surface area contributed by atoms with E-state index in [1.807, 2.05) is 44.4 Å². The lowest BCUT2D eigenvalue weighted by Gasteiger charge is -2.36. The van der Waals surface area contributed by atoms with E-state index >= 15 is 0 Å². The molecule has 0 unspecified atom stereocenters. The predicted octanol–water partition coefficient (Wildman–Crippen LogP) is 4.63. The molecule has 1 aliphatic carbocycles. The highest BCUT2D eigenvalue weighted by Gasteiger charge is 2.29. The van der Waals surface area contributed by atoms with Crippen LogP contribution in [0.2, 0.25) is 0 Å². The van der Waals surface area contributed by atoms with Crippen LogP contribution < -0.4 is 5.32 Å². The molecule has 4 heterocycles. The first kappa shape index (κ1) is 22.2. The number of hydrogen-bond donors (Lipinski definition) is 2. The highest BCUT2D eigenvalue weighted by molar-refractivity contribution is 6.00. The molecule has 1 amide bonds. The lowest BCUT2D eigenvalue weighted by atomic mass is 9.90. The monoisotopic (exact) mass is 452 g/mol. The molecule has 8 nitrogen and oxygen atoms in total. The van der Waals surface area contributed by atoms with E-state index in [-0.39, 0.29) is 6.09 Å². The second kappa shape index (κ2) is 8.97. The van der Waals surface area contributed by atoms with E-state index in [1.54, 1.807) is 0 Å². The van der Waals surface area contributed by atoms with Crippen LogP contribution in [0, 0.1) is 5.92 Å². The Kier molecular flexibility index (Phi) is 6.03. The zero-order chi connectivity index (χ0) is 23.0. The van der Waals surface area contributed by atoms with Crippen molar-refractivity contribution in [3.05, 3.63) is 24.8 Å². The molecule has 0 spiro atoms. The van der Waals surface area contributed by atoms with Crippen LogP contribution in [0.5, 0.6) is 0 Å². The van der Waals surface area contributed by atoms with Crippen molar-refractivity contribution in [1.82, 2.24) is 29.7 Å². The number of H-pyrrole nitrogens is 1. The molecule has 0 bridgehead atoms. The Morgan fingerprint density at radius 1 is 1.21 bits per heavy atom. The van der Waals surface area contributed by atoms with Crippen molar-refractivity contribution in [3.63, 3.8) is 0 Å². The summed E-state index contributed by atoms with van der Waals surface area (Å²) >= 11 is 0. The Balaban J connectivity index is 1.14. The lowest BCUT2D eigenvalue weighted by Crippen LogP contribution is -2.46. The van der Waals surface area contributed by atoms with Crippen molar-refractivity contribution < 1.29 is 9.53 Å². The largest absolute Gasteiger partial charge is 0.444 e. The van der Waals surface area contributed by atoms with Gasteiger partial charge in [-0.1, -0.05) is 0 Å². The molecule has 2 N–H and O–H groups in total. The van der Waals surface area contributed by atoms with Gasteiger partial charge in [-0.15, -0.1) is 0 Å². The maximum atomic E-state index is 12.4. The van der Waals surface area contributed by atoms with E-state index in [2.05, 4.69) is 30.9 Å². The summed E-state index contributed by atoms with van der Waals surface area (Å²) < 4.78 is 7.94. The van der Waals surface area contributed by atoms with Crippen LogP contribution in [0.25, 0.3) is 22.1 Å². The Hall–Kier alpha value is -2.61. The van der Waals surface area contributed by atoms with Crippen LogP contribution in [-0.4, -0.2) is 61.8 Å². The minimum atomic E-state index is -0.440.